The van der Waals surface area contributed by atoms with Crippen LogP contribution in [0.5, 0.6) is 5.75 Å². The maximum absolute atomic E-state index is 12.7. The predicted molar refractivity (Wildman–Crippen MR) is 99.6 cm³/mol. The van der Waals surface area contributed by atoms with Gasteiger partial charge < -0.3 is 4.74 Å². The minimum atomic E-state index is -0.622. The number of urea groups is 1. The average Bonchev–Trinajstić information content (AvgIpc) is 2.66. The highest BCUT2D eigenvalue weighted by molar-refractivity contribution is 6.33. The summed E-state index contributed by atoms with van der Waals surface area (Å²) < 4.78 is 5.16. The second kappa shape index (κ2) is 7.11. The topological polar surface area (TPSA) is 74.6 Å². The Morgan fingerprint density at radius 1 is 1.15 bits per heavy atom. The number of carbonyl (C=O) groups excluding carboxylic acids is 2. The standard InChI is InChI=1S/C19H22N4O3/c1-12-11-21-17-15(18(24)23(3)19(25)22(17)2)16(12)20-10-9-13-5-7-14(26-4)8-6-13/h5-8,11,15H,9-10H2,1-4H3. The lowest BCUT2D eigenvalue weighted by Crippen LogP contribution is -2.59. The van der Waals surface area contributed by atoms with Gasteiger partial charge in [0.2, 0.25) is 5.91 Å². The first-order valence-corrected chi connectivity index (χ1v) is 8.41. The van der Waals surface area contributed by atoms with Gasteiger partial charge in [0.15, 0.2) is 0 Å². The fraction of sp³-hybridized carbons (Fsp3) is 0.368. The normalized spacial score (nSPS) is 21.5. The van der Waals surface area contributed by atoms with Gasteiger partial charge >= 0.3 is 6.03 Å². The molecule has 0 aromatic heterocycles. The van der Waals surface area contributed by atoms with Crippen LogP contribution in [0.4, 0.5) is 4.79 Å². The third-order valence-corrected chi connectivity index (χ3v) is 4.66. The van der Waals surface area contributed by atoms with Crippen molar-refractivity contribution in [3.05, 3.63) is 41.6 Å². The summed E-state index contributed by atoms with van der Waals surface area (Å²) in [5.41, 5.74) is 2.67. The summed E-state index contributed by atoms with van der Waals surface area (Å²) >= 11 is 0. The zero-order valence-corrected chi connectivity index (χ0v) is 15.4. The van der Waals surface area contributed by atoms with E-state index in [1.54, 1.807) is 20.4 Å². The Hall–Kier alpha value is -2.96. The van der Waals surface area contributed by atoms with Crippen molar-refractivity contribution < 1.29 is 14.3 Å². The van der Waals surface area contributed by atoms with Gasteiger partial charge in [-0.15, -0.1) is 0 Å². The number of ether oxygens (including phenoxy) is 1. The van der Waals surface area contributed by atoms with E-state index >= 15 is 0 Å². The number of rotatable bonds is 4. The van der Waals surface area contributed by atoms with Gasteiger partial charge in [-0.1, -0.05) is 12.1 Å². The Labute approximate surface area is 152 Å². The Bertz CT molecular complexity index is 824. The number of aliphatic imine (C=N–C) groups is 2. The van der Waals surface area contributed by atoms with E-state index in [2.05, 4.69) is 9.98 Å². The molecule has 0 N–H and O–H groups in total. The molecule has 2 heterocycles. The molecule has 1 saturated heterocycles. The van der Waals surface area contributed by atoms with Crippen LogP contribution >= 0.6 is 0 Å². The van der Waals surface area contributed by atoms with E-state index < -0.39 is 5.92 Å². The van der Waals surface area contributed by atoms with Crippen LogP contribution in [0.1, 0.15) is 12.5 Å². The molecule has 0 spiro atoms. The number of nitrogens with zero attached hydrogens (tertiary/aromatic N) is 4. The van der Waals surface area contributed by atoms with Crippen molar-refractivity contribution in [2.45, 2.75) is 13.3 Å². The zero-order valence-electron chi connectivity index (χ0n) is 15.4. The van der Waals surface area contributed by atoms with Crippen LogP contribution in [-0.2, 0) is 11.2 Å². The lowest BCUT2D eigenvalue weighted by Gasteiger charge is -2.37. The third-order valence-electron chi connectivity index (χ3n) is 4.66. The van der Waals surface area contributed by atoms with E-state index in [4.69, 9.17) is 4.74 Å². The SMILES string of the molecule is COc1ccc(CCN=C2C(C)=CN=C3C2C(=O)N(C)C(=O)N3C)cc1. The molecular weight excluding hydrogens is 332 g/mol. The molecule has 2 aliphatic heterocycles. The first kappa shape index (κ1) is 17.8. The van der Waals surface area contributed by atoms with Gasteiger partial charge in [-0.2, -0.15) is 0 Å². The summed E-state index contributed by atoms with van der Waals surface area (Å²) in [7, 11) is 4.75. The quantitative estimate of drug-likeness (QED) is 0.831. The number of allylic oxidation sites excluding steroid dienone is 1. The number of amidine groups is 1. The minimum absolute atomic E-state index is 0.289. The molecular formula is C19H22N4O3. The molecule has 1 unspecified atom stereocenters. The molecule has 0 saturated carbocycles. The first-order valence-electron chi connectivity index (χ1n) is 8.41. The van der Waals surface area contributed by atoms with Gasteiger partial charge in [-0.25, -0.2) is 9.79 Å². The highest BCUT2D eigenvalue weighted by Crippen LogP contribution is 2.25. The number of amides is 3. The molecule has 136 valence electrons. The number of hydrogen-bond acceptors (Lipinski definition) is 5. The summed E-state index contributed by atoms with van der Waals surface area (Å²) in [6.07, 6.45) is 2.42. The molecule has 7 heteroatoms. The first-order chi connectivity index (χ1) is 12.4. The number of methoxy groups -OCH3 is 1. The summed E-state index contributed by atoms with van der Waals surface area (Å²) in [5, 5.41) is 0. The minimum Gasteiger partial charge on any atom is -0.497 e. The van der Waals surface area contributed by atoms with E-state index in [0.29, 0.717) is 18.1 Å². The van der Waals surface area contributed by atoms with Crippen molar-refractivity contribution in [2.24, 2.45) is 15.9 Å². The van der Waals surface area contributed by atoms with Gasteiger partial charge in [0.05, 0.1) is 12.8 Å². The molecule has 3 rings (SSSR count). The van der Waals surface area contributed by atoms with Crippen molar-refractivity contribution in [3.8, 4) is 5.75 Å². The molecule has 1 atom stereocenters. The lowest BCUT2D eigenvalue weighted by molar-refractivity contribution is -0.128. The van der Waals surface area contributed by atoms with Gasteiger partial charge in [-0.05, 0) is 36.6 Å². The number of hydrogen-bond donors (Lipinski definition) is 0. The lowest BCUT2D eigenvalue weighted by atomic mass is 9.91. The van der Waals surface area contributed by atoms with Crippen molar-refractivity contribution >= 4 is 23.5 Å². The second-order valence-electron chi connectivity index (χ2n) is 6.34. The fourth-order valence-electron chi connectivity index (χ4n) is 3.09. The predicted octanol–water partition coefficient (Wildman–Crippen LogP) is 2.13. The van der Waals surface area contributed by atoms with E-state index in [-0.39, 0.29) is 11.9 Å². The number of fused-ring (bicyclic) bond motifs is 1. The largest absolute Gasteiger partial charge is 0.497 e. The van der Waals surface area contributed by atoms with Crippen LogP contribution in [0.3, 0.4) is 0 Å². The molecule has 26 heavy (non-hydrogen) atoms. The summed E-state index contributed by atoms with van der Waals surface area (Å²) in [6, 6.07) is 7.46. The number of carbonyl (C=O) groups is 2. The molecule has 0 radical (unpaired) electrons. The molecule has 1 fully saturated rings. The summed E-state index contributed by atoms with van der Waals surface area (Å²) in [4.78, 5) is 36.3. The van der Waals surface area contributed by atoms with Crippen molar-refractivity contribution in [1.29, 1.82) is 0 Å². The van der Waals surface area contributed by atoms with Gasteiger partial charge in [-0.3, -0.25) is 19.6 Å². The maximum Gasteiger partial charge on any atom is 0.331 e. The highest BCUT2D eigenvalue weighted by atomic mass is 16.5. The summed E-state index contributed by atoms with van der Waals surface area (Å²) in [6.45, 7) is 2.43. The van der Waals surface area contributed by atoms with E-state index in [1.807, 2.05) is 31.2 Å². The summed E-state index contributed by atoms with van der Waals surface area (Å²) in [5.74, 6) is 0.341. The Morgan fingerprint density at radius 3 is 2.50 bits per heavy atom. The Kier molecular flexibility index (Phi) is 4.88. The smallest absolute Gasteiger partial charge is 0.331 e. The molecule has 0 bridgehead atoms. The zero-order chi connectivity index (χ0) is 18.8. The van der Waals surface area contributed by atoms with Crippen LogP contribution in [0.25, 0.3) is 0 Å². The molecule has 2 aliphatic rings. The average molecular weight is 354 g/mol. The number of imide groups is 1. The molecule has 7 nitrogen and oxygen atoms in total. The van der Waals surface area contributed by atoms with Crippen LogP contribution in [0, 0.1) is 5.92 Å². The van der Waals surface area contributed by atoms with Crippen molar-refractivity contribution in [3.63, 3.8) is 0 Å². The fourth-order valence-corrected chi connectivity index (χ4v) is 3.09. The number of benzene rings is 1. The van der Waals surface area contributed by atoms with Crippen LogP contribution in [-0.4, -0.2) is 61.0 Å². The van der Waals surface area contributed by atoms with Crippen LogP contribution in [0.2, 0.25) is 0 Å². The third kappa shape index (κ3) is 3.12. The Morgan fingerprint density at radius 2 is 1.85 bits per heavy atom. The highest BCUT2D eigenvalue weighted by Gasteiger charge is 2.44. The molecule has 3 amide bonds. The van der Waals surface area contributed by atoms with Gasteiger partial charge in [0.25, 0.3) is 0 Å². The van der Waals surface area contributed by atoms with Crippen molar-refractivity contribution in [1.82, 2.24) is 9.80 Å². The molecule has 0 aliphatic carbocycles. The maximum atomic E-state index is 12.7. The van der Waals surface area contributed by atoms with Crippen LogP contribution in [0.15, 0.2) is 46.0 Å². The molecule has 1 aromatic carbocycles. The Balaban J connectivity index is 1.80. The van der Waals surface area contributed by atoms with Gasteiger partial charge in [0.1, 0.15) is 17.5 Å². The molecule has 1 aromatic rings. The monoisotopic (exact) mass is 354 g/mol. The second-order valence-corrected chi connectivity index (χ2v) is 6.34. The van der Waals surface area contributed by atoms with Gasteiger partial charge in [0, 0.05) is 26.8 Å². The van der Waals surface area contributed by atoms with E-state index in [1.165, 1.54) is 11.9 Å². The van der Waals surface area contributed by atoms with E-state index in [9.17, 15) is 9.59 Å². The van der Waals surface area contributed by atoms with Crippen LogP contribution < -0.4 is 4.74 Å². The van der Waals surface area contributed by atoms with Crippen molar-refractivity contribution in [2.75, 3.05) is 27.7 Å². The van der Waals surface area contributed by atoms with E-state index in [0.717, 1.165) is 28.2 Å².